The first kappa shape index (κ1) is 7.85. The van der Waals surface area contributed by atoms with Crippen LogP contribution in [0.15, 0.2) is 0 Å². The molecule has 13 heavy (non-hydrogen) atoms. The Morgan fingerprint density at radius 1 is 1.15 bits per heavy atom. The molecule has 0 aromatic heterocycles. The molecule has 0 spiro atoms. The van der Waals surface area contributed by atoms with Crippen molar-refractivity contribution in [2.45, 2.75) is 18.1 Å². The van der Waals surface area contributed by atoms with Crippen LogP contribution in [0.3, 0.4) is 0 Å². The van der Waals surface area contributed by atoms with Gasteiger partial charge in [-0.3, -0.25) is 9.59 Å². The topological polar surface area (TPSA) is 43.4 Å². The van der Waals surface area contributed by atoms with Gasteiger partial charge in [0.2, 0.25) is 0 Å². The Morgan fingerprint density at radius 3 is 2.62 bits per heavy atom. The fourth-order valence-electron chi connectivity index (χ4n) is 3.22. The smallest absolute Gasteiger partial charge is 0.317 e. The summed E-state index contributed by atoms with van der Waals surface area (Å²) in [7, 11) is 0. The third-order valence-corrected chi connectivity index (χ3v) is 4.31. The fraction of sp³-hybridized carbons (Fsp3) is 0.778. The standard InChI is InChI=1S/C9H10O3S/c10-8-6-3-1-4(5(13)2-3)7(6)9(11)12-8/h3-7,13H,1-2H2. The predicted molar refractivity (Wildman–Crippen MR) is 47.1 cm³/mol. The zero-order valence-electron chi connectivity index (χ0n) is 6.97. The number of carbonyl (C=O) groups excluding carboxylic acids is 2. The van der Waals surface area contributed by atoms with Gasteiger partial charge in [-0.15, -0.1) is 0 Å². The van der Waals surface area contributed by atoms with Crippen molar-refractivity contribution in [2.24, 2.45) is 23.7 Å². The van der Waals surface area contributed by atoms with Gasteiger partial charge in [0.1, 0.15) is 0 Å². The molecular weight excluding hydrogens is 188 g/mol. The van der Waals surface area contributed by atoms with Crippen molar-refractivity contribution >= 4 is 24.6 Å². The van der Waals surface area contributed by atoms with E-state index in [0.717, 1.165) is 12.8 Å². The summed E-state index contributed by atoms with van der Waals surface area (Å²) in [4.78, 5) is 22.6. The van der Waals surface area contributed by atoms with Crippen LogP contribution < -0.4 is 0 Å². The minimum atomic E-state index is -0.304. The van der Waals surface area contributed by atoms with E-state index in [-0.39, 0.29) is 29.7 Å². The van der Waals surface area contributed by atoms with Crippen LogP contribution in [-0.4, -0.2) is 17.2 Å². The monoisotopic (exact) mass is 198 g/mol. The number of hydrogen-bond acceptors (Lipinski definition) is 4. The minimum absolute atomic E-state index is 0.124. The fourth-order valence-corrected chi connectivity index (χ4v) is 3.80. The second-order valence-electron chi connectivity index (χ2n) is 4.25. The summed E-state index contributed by atoms with van der Waals surface area (Å²) in [5.74, 6) is -0.229. The van der Waals surface area contributed by atoms with E-state index < -0.39 is 0 Å². The molecule has 0 amide bonds. The summed E-state index contributed by atoms with van der Waals surface area (Å²) in [5.41, 5.74) is 0. The Bertz CT molecular complexity index is 301. The van der Waals surface area contributed by atoms with E-state index in [1.807, 2.05) is 0 Å². The number of hydrogen-bond donors (Lipinski definition) is 1. The molecule has 0 aromatic rings. The molecule has 1 saturated heterocycles. The van der Waals surface area contributed by atoms with Gasteiger partial charge in [0.05, 0.1) is 11.8 Å². The van der Waals surface area contributed by atoms with Crippen LogP contribution in [0.4, 0.5) is 0 Å². The molecule has 1 aliphatic heterocycles. The third-order valence-electron chi connectivity index (χ3n) is 3.71. The van der Waals surface area contributed by atoms with E-state index in [1.165, 1.54) is 0 Å². The highest BCUT2D eigenvalue weighted by Gasteiger charge is 2.62. The highest BCUT2D eigenvalue weighted by molar-refractivity contribution is 7.81. The summed E-state index contributed by atoms with van der Waals surface area (Å²) >= 11 is 4.43. The molecule has 5 atom stereocenters. The van der Waals surface area contributed by atoms with Crippen molar-refractivity contribution in [1.82, 2.24) is 0 Å². The molecule has 2 aliphatic carbocycles. The number of ether oxygens (including phenoxy) is 1. The van der Waals surface area contributed by atoms with Gasteiger partial charge < -0.3 is 4.74 Å². The molecule has 2 bridgehead atoms. The number of esters is 2. The lowest BCUT2D eigenvalue weighted by molar-refractivity contribution is -0.154. The van der Waals surface area contributed by atoms with Gasteiger partial charge in [-0.05, 0) is 24.7 Å². The van der Waals surface area contributed by atoms with Gasteiger partial charge in [0.15, 0.2) is 0 Å². The summed E-state index contributed by atoms with van der Waals surface area (Å²) in [6, 6.07) is 0. The molecule has 3 fully saturated rings. The van der Waals surface area contributed by atoms with Crippen molar-refractivity contribution in [3.05, 3.63) is 0 Å². The molecule has 1 heterocycles. The van der Waals surface area contributed by atoms with Gasteiger partial charge in [-0.1, -0.05) is 0 Å². The van der Waals surface area contributed by atoms with Gasteiger partial charge >= 0.3 is 11.9 Å². The van der Waals surface area contributed by atoms with Crippen LogP contribution >= 0.6 is 12.6 Å². The van der Waals surface area contributed by atoms with E-state index in [9.17, 15) is 9.59 Å². The zero-order valence-corrected chi connectivity index (χ0v) is 7.87. The van der Waals surface area contributed by atoms with Crippen LogP contribution in [0.5, 0.6) is 0 Å². The van der Waals surface area contributed by atoms with Crippen molar-refractivity contribution in [1.29, 1.82) is 0 Å². The van der Waals surface area contributed by atoms with Crippen LogP contribution in [-0.2, 0) is 14.3 Å². The van der Waals surface area contributed by atoms with Gasteiger partial charge in [-0.25, -0.2) is 0 Å². The lowest BCUT2D eigenvalue weighted by Gasteiger charge is -2.23. The molecule has 0 radical (unpaired) electrons. The Morgan fingerprint density at radius 2 is 1.85 bits per heavy atom. The first-order valence-corrected chi connectivity index (χ1v) is 5.13. The van der Waals surface area contributed by atoms with E-state index in [2.05, 4.69) is 17.4 Å². The van der Waals surface area contributed by atoms with Crippen molar-refractivity contribution in [2.75, 3.05) is 0 Å². The zero-order chi connectivity index (χ0) is 9.16. The third kappa shape index (κ3) is 0.822. The first-order chi connectivity index (χ1) is 6.18. The maximum atomic E-state index is 11.3. The van der Waals surface area contributed by atoms with E-state index in [0.29, 0.717) is 11.2 Å². The number of carbonyl (C=O) groups is 2. The largest absolute Gasteiger partial charge is 0.393 e. The average molecular weight is 198 g/mol. The second-order valence-corrected chi connectivity index (χ2v) is 4.92. The Balaban J connectivity index is 2.00. The summed E-state index contributed by atoms with van der Waals surface area (Å²) in [5, 5.41) is 0.296. The maximum Gasteiger partial charge on any atom is 0.317 e. The summed E-state index contributed by atoms with van der Waals surface area (Å²) in [6.45, 7) is 0. The minimum Gasteiger partial charge on any atom is -0.393 e. The molecular formula is C9H10O3S. The van der Waals surface area contributed by atoms with Crippen molar-refractivity contribution in [3.8, 4) is 0 Å². The lowest BCUT2D eigenvalue weighted by Crippen LogP contribution is -2.30. The highest BCUT2D eigenvalue weighted by atomic mass is 32.1. The van der Waals surface area contributed by atoms with E-state index >= 15 is 0 Å². The van der Waals surface area contributed by atoms with Gasteiger partial charge in [-0.2, -0.15) is 12.6 Å². The molecule has 70 valence electrons. The predicted octanol–water partition coefficient (Wildman–Crippen LogP) is 0.640. The molecule has 5 unspecified atom stereocenters. The first-order valence-electron chi connectivity index (χ1n) is 4.62. The number of rotatable bonds is 0. The molecule has 0 N–H and O–H groups in total. The maximum absolute atomic E-state index is 11.3. The molecule has 3 rings (SSSR count). The van der Waals surface area contributed by atoms with Crippen LogP contribution in [0.1, 0.15) is 12.8 Å². The van der Waals surface area contributed by atoms with Crippen LogP contribution in [0.2, 0.25) is 0 Å². The van der Waals surface area contributed by atoms with Gasteiger partial charge in [0.25, 0.3) is 0 Å². The molecule has 0 aromatic carbocycles. The second kappa shape index (κ2) is 2.29. The van der Waals surface area contributed by atoms with E-state index in [4.69, 9.17) is 0 Å². The summed E-state index contributed by atoms with van der Waals surface area (Å²) < 4.78 is 4.65. The SMILES string of the molecule is O=C1OC(=O)C2C3CC(CC3S)C12. The Labute approximate surface area is 81.2 Å². The van der Waals surface area contributed by atoms with Crippen LogP contribution in [0, 0.1) is 23.7 Å². The van der Waals surface area contributed by atoms with Crippen LogP contribution in [0.25, 0.3) is 0 Å². The number of thiol groups is 1. The summed E-state index contributed by atoms with van der Waals surface area (Å²) in [6.07, 6.45) is 1.96. The molecule has 3 aliphatic rings. The number of fused-ring (bicyclic) bond motifs is 5. The van der Waals surface area contributed by atoms with E-state index in [1.54, 1.807) is 0 Å². The molecule has 3 nitrogen and oxygen atoms in total. The van der Waals surface area contributed by atoms with Gasteiger partial charge in [0, 0.05) is 5.25 Å². The average Bonchev–Trinajstić information content (AvgIpc) is 2.64. The van der Waals surface area contributed by atoms with Crippen molar-refractivity contribution in [3.63, 3.8) is 0 Å². The molecule has 4 heteroatoms. The Hall–Kier alpha value is -0.510. The van der Waals surface area contributed by atoms with Crippen molar-refractivity contribution < 1.29 is 14.3 Å². The highest BCUT2D eigenvalue weighted by Crippen LogP contribution is 2.56. The Kier molecular flexibility index (Phi) is 1.38. The molecule has 2 saturated carbocycles. The number of cyclic esters (lactones) is 2. The normalized spacial score (nSPS) is 52.5. The quantitative estimate of drug-likeness (QED) is 0.353. The lowest BCUT2D eigenvalue weighted by atomic mass is 9.81.